The molecule has 2 aromatic heterocycles. The standard InChI is InChI=1S/C28H23NO.2C14H14.C3H8/c1-3-7-19-11-13-27-23(15-19)24-16-22-21-14-18(2)10-12-25(21)29(20-8-5-4-6-9-20)26(22)17-28(24)30-27;2*1-11-7-3-5-9-13(11)14-10-6-4-8-12(14)2;1-3-2/h4-6,8-17H,3,7H2,1-2H3;2*3-10H,1-2H3;3H2,1-2H3. The Morgan fingerprint density at radius 2 is 0.852 bits per heavy atom. The largest absolute Gasteiger partial charge is 0.456 e. The Labute approximate surface area is 363 Å². The molecule has 0 aliphatic heterocycles. The summed E-state index contributed by atoms with van der Waals surface area (Å²) < 4.78 is 8.64. The fraction of sp³-hybridized carbons (Fsp3) is 0.186. The van der Waals surface area contributed by atoms with Gasteiger partial charge in [-0.1, -0.05) is 167 Å². The van der Waals surface area contributed by atoms with Crippen LogP contribution in [0.5, 0.6) is 0 Å². The molecular formula is C59H59NO. The Bertz CT molecular complexity index is 2860. The van der Waals surface area contributed by atoms with Gasteiger partial charge >= 0.3 is 0 Å². The lowest BCUT2D eigenvalue weighted by Gasteiger charge is -2.08. The van der Waals surface area contributed by atoms with Gasteiger partial charge in [0.25, 0.3) is 0 Å². The number of aromatic nitrogens is 1. The lowest BCUT2D eigenvalue weighted by Crippen LogP contribution is -1.92. The van der Waals surface area contributed by atoms with Crippen LogP contribution in [-0.2, 0) is 6.42 Å². The van der Waals surface area contributed by atoms with Crippen LogP contribution in [0.3, 0.4) is 0 Å². The fourth-order valence-corrected chi connectivity index (χ4v) is 8.25. The molecule has 10 aromatic rings. The Hall–Kier alpha value is -6.64. The van der Waals surface area contributed by atoms with E-state index in [0.29, 0.717) is 0 Å². The highest BCUT2D eigenvalue weighted by molar-refractivity contribution is 6.17. The van der Waals surface area contributed by atoms with Crippen LogP contribution in [0.25, 0.3) is 71.7 Å². The van der Waals surface area contributed by atoms with Crippen molar-refractivity contribution in [1.29, 1.82) is 0 Å². The second kappa shape index (κ2) is 19.6. The first kappa shape index (κ1) is 42.5. The van der Waals surface area contributed by atoms with Crippen molar-refractivity contribution in [1.82, 2.24) is 4.57 Å². The summed E-state index contributed by atoms with van der Waals surface area (Å²) in [6.45, 7) is 17.3. The molecule has 0 amide bonds. The summed E-state index contributed by atoms with van der Waals surface area (Å²) >= 11 is 0. The maximum absolute atomic E-state index is 6.29. The third kappa shape index (κ3) is 9.40. The van der Waals surface area contributed by atoms with Crippen LogP contribution in [0.2, 0.25) is 0 Å². The van der Waals surface area contributed by atoms with Gasteiger partial charge in [-0.15, -0.1) is 0 Å². The molecule has 0 radical (unpaired) electrons. The normalized spacial score (nSPS) is 10.8. The number of para-hydroxylation sites is 1. The van der Waals surface area contributed by atoms with Gasteiger partial charge in [-0.3, -0.25) is 0 Å². The van der Waals surface area contributed by atoms with E-state index in [9.17, 15) is 0 Å². The van der Waals surface area contributed by atoms with Crippen molar-refractivity contribution in [2.45, 2.75) is 74.7 Å². The predicted octanol–water partition coefficient (Wildman–Crippen LogP) is 17.3. The van der Waals surface area contributed by atoms with E-state index >= 15 is 0 Å². The first-order chi connectivity index (χ1) is 29.7. The lowest BCUT2D eigenvalue weighted by molar-refractivity contribution is 0.669. The summed E-state index contributed by atoms with van der Waals surface area (Å²) in [5, 5.41) is 4.97. The van der Waals surface area contributed by atoms with Gasteiger partial charge in [0.2, 0.25) is 0 Å². The Morgan fingerprint density at radius 1 is 0.393 bits per heavy atom. The smallest absolute Gasteiger partial charge is 0.137 e. The van der Waals surface area contributed by atoms with Crippen molar-refractivity contribution in [3.63, 3.8) is 0 Å². The molecule has 0 saturated heterocycles. The van der Waals surface area contributed by atoms with Gasteiger partial charge < -0.3 is 8.98 Å². The molecule has 0 unspecified atom stereocenters. The zero-order valence-corrected chi connectivity index (χ0v) is 37.2. The van der Waals surface area contributed by atoms with Gasteiger partial charge in [0.1, 0.15) is 11.2 Å². The zero-order chi connectivity index (χ0) is 42.9. The number of hydrogen-bond donors (Lipinski definition) is 0. The topological polar surface area (TPSA) is 18.1 Å². The van der Waals surface area contributed by atoms with Crippen molar-refractivity contribution in [2.24, 2.45) is 0 Å². The number of nitrogens with zero attached hydrogens (tertiary/aromatic N) is 1. The Kier molecular flexibility index (Phi) is 13.7. The zero-order valence-electron chi connectivity index (χ0n) is 37.2. The minimum absolute atomic E-state index is 0.947. The molecule has 0 atom stereocenters. The van der Waals surface area contributed by atoms with Crippen molar-refractivity contribution >= 4 is 43.7 Å². The van der Waals surface area contributed by atoms with Crippen molar-refractivity contribution in [3.8, 4) is 27.9 Å². The second-order valence-corrected chi connectivity index (χ2v) is 16.2. The van der Waals surface area contributed by atoms with Gasteiger partial charge in [0, 0.05) is 33.3 Å². The van der Waals surface area contributed by atoms with E-state index in [1.807, 2.05) is 0 Å². The molecule has 0 aliphatic rings. The molecule has 2 heterocycles. The third-order valence-electron chi connectivity index (χ3n) is 11.3. The summed E-state index contributed by atoms with van der Waals surface area (Å²) in [7, 11) is 0. The van der Waals surface area contributed by atoms with E-state index in [2.05, 4.69) is 236 Å². The van der Waals surface area contributed by atoms with Crippen molar-refractivity contribution in [3.05, 3.63) is 209 Å². The fourth-order valence-electron chi connectivity index (χ4n) is 8.25. The van der Waals surface area contributed by atoms with Crippen LogP contribution in [0, 0.1) is 34.6 Å². The summed E-state index contributed by atoms with van der Waals surface area (Å²) in [5.41, 5.74) is 18.8. The minimum Gasteiger partial charge on any atom is -0.456 e. The molecule has 0 saturated carbocycles. The monoisotopic (exact) mass is 797 g/mol. The number of benzene rings is 8. The van der Waals surface area contributed by atoms with Gasteiger partial charge in [0.15, 0.2) is 0 Å². The van der Waals surface area contributed by atoms with E-state index in [1.165, 1.54) is 100 Å². The number of rotatable bonds is 5. The lowest BCUT2D eigenvalue weighted by atomic mass is 9.97. The summed E-state index contributed by atoms with van der Waals surface area (Å²) in [5.74, 6) is 0. The minimum atomic E-state index is 0.947. The predicted molar refractivity (Wildman–Crippen MR) is 265 cm³/mol. The number of furan rings is 1. The molecule has 0 aliphatic carbocycles. The van der Waals surface area contributed by atoms with E-state index < -0.39 is 0 Å². The first-order valence-electron chi connectivity index (χ1n) is 21.9. The third-order valence-corrected chi connectivity index (χ3v) is 11.3. The van der Waals surface area contributed by atoms with Crippen LogP contribution in [-0.4, -0.2) is 4.57 Å². The number of fused-ring (bicyclic) bond motifs is 6. The summed E-state index contributed by atoms with van der Waals surface area (Å²) in [6.07, 6.45) is 3.49. The van der Waals surface area contributed by atoms with E-state index in [1.54, 1.807) is 0 Å². The molecule has 306 valence electrons. The maximum Gasteiger partial charge on any atom is 0.137 e. The van der Waals surface area contributed by atoms with E-state index in [-0.39, 0.29) is 0 Å². The van der Waals surface area contributed by atoms with E-state index in [0.717, 1.165) is 24.0 Å². The van der Waals surface area contributed by atoms with Gasteiger partial charge in [0.05, 0.1) is 11.0 Å². The van der Waals surface area contributed by atoms with Crippen LogP contribution in [0.15, 0.2) is 180 Å². The molecule has 61 heavy (non-hydrogen) atoms. The quantitative estimate of drug-likeness (QED) is 0.170. The first-order valence-corrected chi connectivity index (χ1v) is 21.9. The van der Waals surface area contributed by atoms with Gasteiger partial charge in [-0.05, 0) is 134 Å². The highest BCUT2D eigenvalue weighted by Gasteiger charge is 2.17. The molecule has 8 aromatic carbocycles. The van der Waals surface area contributed by atoms with Crippen LogP contribution < -0.4 is 0 Å². The van der Waals surface area contributed by atoms with Crippen molar-refractivity contribution < 1.29 is 4.42 Å². The Morgan fingerprint density at radius 3 is 1.34 bits per heavy atom. The van der Waals surface area contributed by atoms with Crippen molar-refractivity contribution in [2.75, 3.05) is 0 Å². The van der Waals surface area contributed by atoms with Crippen LogP contribution in [0.4, 0.5) is 0 Å². The average molecular weight is 798 g/mol. The summed E-state index contributed by atoms with van der Waals surface area (Å²) in [4.78, 5) is 0. The molecule has 0 N–H and O–H groups in total. The molecular weight excluding hydrogens is 739 g/mol. The number of aryl methyl sites for hydroxylation is 6. The molecule has 0 spiro atoms. The molecule has 0 fully saturated rings. The van der Waals surface area contributed by atoms with E-state index in [4.69, 9.17) is 4.42 Å². The summed E-state index contributed by atoms with van der Waals surface area (Å²) in [6, 6.07) is 62.5. The number of hydrogen-bond acceptors (Lipinski definition) is 1. The van der Waals surface area contributed by atoms with Gasteiger partial charge in [-0.2, -0.15) is 0 Å². The average Bonchev–Trinajstić information content (AvgIpc) is 3.79. The van der Waals surface area contributed by atoms with Crippen LogP contribution >= 0.6 is 0 Å². The molecule has 2 nitrogen and oxygen atoms in total. The SMILES string of the molecule is CCC.CCCc1ccc2oc3cc4c(cc3c2c1)c1cc(C)ccc1n4-c1ccccc1.Cc1ccccc1-c1ccccc1C.Cc1ccccc1-c1ccccc1C. The Balaban J connectivity index is 0.000000151. The highest BCUT2D eigenvalue weighted by Crippen LogP contribution is 2.39. The highest BCUT2D eigenvalue weighted by atomic mass is 16.3. The molecule has 2 heteroatoms. The molecule has 0 bridgehead atoms. The van der Waals surface area contributed by atoms with Gasteiger partial charge in [-0.25, -0.2) is 0 Å². The molecule has 10 rings (SSSR count). The van der Waals surface area contributed by atoms with Crippen LogP contribution in [0.1, 0.15) is 67.0 Å². The second-order valence-electron chi connectivity index (χ2n) is 16.2. The maximum atomic E-state index is 6.29.